The molecule has 1 N–H and O–H groups in total. The molecule has 0 aromatic carbocycles. The lowest BCUT2D eigenvalue weighted by Crippen LogP contribution is -2.51. The first-order valence-electron chi connectivity index (χ1n) is 5.14. The van der Waals surface area contributed by atoms with Gasteiger partial charge in [0.05, 0.1) is 0 Å². The van der Waals surface area contributed by atoms with Gasteiger partial charge in [0.25, 0.3) is 0 Å². The standard InChI is InChI=1S/C10H15NO5/c1-16-6-5-7(10(14)15)11-8(12)3-2-4-9(11)13/h7H,2-6H2,1H3,(H,14,15). The van der Waals surface area contributed by atoms with E-state index in [0.29, 0.717) is 6.42 Å². The van der Waals surface area contributed by atoms with Gasteiger partial charge in [-0.25, -0.2) is 4.79 Å². The number of carboxylic acid groups (broad SMARTS) is 1. The largest absolute Gasteiger partial charge is 0.480 e. The lowest BCUT2D eigenvalue weighted by Gasteiger charge is -2.30. The molecule has 0 aromatic rings. The molecular formula is C10H15NO5. The summed E-state index contributed by atoms with van der Waals surface area (Å²) in [4.78, 5) is 34.9. The molecule has 1 unspecified atom stereocenters. The van der Waals surface area contributed by atoms with Crippen LogP contribution in [0.2, 0.25) is 0 Å². The summed E-state index contributed by atoms with van der Waals surface area (Å²) < 4.78 is 4.77. The second kappa shape index (κ2) is 5.60. The Kier molecular flexibility index (Phi) is 4.42. The maximum atomic E-state index is 11.5. The number of likely N-dealkylation sites (tertiary alicyclic amines) is 1. The molecule has 0 spiro atoms. The van der Waals surface area contributed by atoms with Crippen molar-refractivity contribution in [1.29, 1.82) is 0 Å². The van der Waals surface area contributed by atoms with Crippen LogP contribution >= 0.6 is 0 Å². The van der Waals surface area contributed by atoms with Gasteiger partial charge in [-0.1, -0.05) is 0 Å². The quantitative estimate of drug-likeness (QED) is 0.671. The highest BCUT2D eigenvalue weighted by Gasteiger charge is 2.36. The molecule has 0 saturated carbocycles. The molecule has 16 heavy (non-hydrogen) atoms. The number of aliphatic carboxylic acids is 1. The van der Waals surface area contributed by atoms with Crippen LogP contribution in [0.15, 0.2) is 0 Å². The number of carbonyl (C=O) groups is 3. The Labute approximate surface area is 93.2 Å². The number of rotatable bonds is 5. The average molecular weight is 229 g/mol. The molecule has 1 atom stereocenters. The van der Waals surface area contributed by atoms with Gasteiger partial charge in [0.1, 0.15) is 6.04 Å². The summed E-state index contributed by atoms with van der Waals surface area (Å²) in [5.74, 6) is -1.97. The van der Waals surface area contributed by atoms with Gasteiger partial charge in [0.2, 0.25) is 11.8 Å². The minimum absolute atomic E-state index is 0.128. The van der Waals surface area contributed by atoms with Crippen molar-refractivity contribution in [2.45, 2.75) is 31.7 Å². The van der Waals surface area contributed by atoms with Crippen molar-refractivity contribution in [3.8, 4) is 0 Å². The van der Waals surface area contributed by atoms with Crippen molar-refractivity contribution in [2.75, 3.05) is 13.7 Å². The van der Waals surface area contributed by atoms with E-state index in [4.69, 9.17) is 9.84 Å². The van der Waals surface area contributed by atoms with Crippen LogP contribution < -0.4 is 0 Å². The summed E-state index contributed by atoms with van der Waals surface area (Å²) in [5.41, 5.74) is 0. The summed E-state index contributed by atoms with van der Waals surface area (Å²) in [6, 6.07) is -1.10. The first-order valence-corrected chi connectivity index (χ1v) is 5.14. The summed E-state index contributed by atoms with van der Waals surface area (Å²) in [6.07, 6.45) is 1.11. The van der Waals surface area contributed by atoms with E-state index in [1.54, 1.807) is 0 Å². The van der Waals surface area contributed by atoms with E-state index in [1.165, 1.54) is 7.11 Å². The molecule has 6 heteroatoms. The summed E-state index contributed by atoms with van der Waals surface area (Å²) >= 11 is 0. The van der Waals surface area contributed by atoms with E-state index >= 15 is 0 Å². The second-order valence-electron chi connectivity index (χ2n) is 3.65. The topological polar surface area (TPSA) is 83.9 Å². The third-order valence-corrected chi connectivity index (χ3v) is 2.51. The van der Waals surface area contributed by atoms with Gasteiger partial charge in [-0.2, -0.15) is 0 Å². The van der Waals surface area contributed by atoms with Gasteiger partial charge < -0.3 is 9.84 Å². The van der Waals surface area contributed by atoms with Crippen LogP contribution in [0.25, 0.3) is 0 Å². The van der Waals surface area contributed by atoms with Crippen LogP contribution in [-0.4, -0.2) is 47.5 Å². The first-order chi connectivity index (χ1) is 7.57. The zero-order valence-corrected chi connectivity index (χ0v) is 9.14. The number of hydrogen-bond acceptors (Lipinski definition) is 4. The van der Waals surface area contributed by atoms with Crippen molar-refractivity contribution in [1.82, 2.24) is 4.90 Å². The van der Waals surface area contributed by atoms with E-state index in [1.807, 2.05) is 0 Å². The molecule has 1 rings (SSSR count). The highest BCUT2D eigenvalue weighted by Crippen LogP contribution is 2.17. The maximum Gasteiger partial charge on any atom is 0.327 e. The Hall–Kier alpha value is -1.43. The van der Waals surface area contributed by atoms with Crippen molar-refractivity contribution in [3.05, 3.63) is 0 Å². The molecule has 0 aromatic heterocycles. The van der Waals surface area contributed by atoms with E-state index in [9.17, 15) is 14.4 Å². The van der Waals surface area contributed by atoms with Crippen LogP contribution in [-0.2, 0) is 19.1 Å². The van der Waals surface area contributed by atoms with Gasteiger partial charge in [0, 0.05) is 33.0 Å². The maximum absolute atomic E-state index is 11.5. The smallest absolute Gasteiger partial charge is 0.327 e. The number of carboxylic acids is 1. The minimum Gasteiger partial charge on any atom is -0.480 e. The molecule has 0 aliphatic carbocycles. The Morgan fingerprint density at radius 1 is 1.44 bits per heavy atom. The van der Waals surface area contributed by atoms with Crippen molar-refractivity contribution in [2.24, 2.45) is 0 Å². The molecule has 1 aliphatic heterocycles. The molecule has 0 bridgehead atoms. The molecule has 6 nitrogen and oxygen atoms in total. The first kappa shape index (κ1) is 12.6. The molecule has 1 fully saturated rings. The van der Waals surface area contributed by atoms with Crippen LogP contribution in [0.4, 0.5) is 0 Å². The molecule has 1 saturated heterocycles. The number of amides is 2. The van der Waals surface area contributed by atoms with Gasteiger partial charge in [-0.3, -0.25) is 14.5 Å². The van der Waals surface area contributed by atoms with Crippen molar-refractivity contribution in [3.63, 3.8) is 0 Å². The minimum atomic E-state index is -1.17. The number of ether oxygens (including phenoxy) is 1. The normalized spacial score (nSPS) is 18.7. The lowest BCUT2D eigenvalue weighted by molar-refractivity contribution is -0.161. The fourth-order valence-electron chi connectivity index (χ4n) is 1.71. The van der Waals surface area contributed by atoms with Crippen LogP contribution in [0.5, 0.6) is 0 Å². The van der Waals surface area contributed by atoms with Gasteiger partial charge in [0.15, 0.2) is 0 Å². The van der Waals surface area contributed by atoms with Crippen LogP contribution in [0.1, 0.15) is 25.7 Å². The average Bonchev–Trinajstić information content (AvgIpc) is 2.21. The number of piperidine rings is 1. The number of hydrogen-bond donors (Lipinski definition) is 1. The number of imide groups is 1. The van der Waals surface area contributed by atoms with Gasteiger partial charge in [-0.05, 0) is 6.42 Å². The fraction of sp³-hybridized carbons (Fsp3) is 0.700. The van der Waals surface area contributed by atoms with Crippen molar-refractivity contribution >= 4 is 17.8 Å². The van der Waals surface area contributed by atoms with Gasteiger partial charge >= 0.3 is 5.97 Å². The zero-order chi connectivity index (χ0) is 12.1. The van der Waals surface area contributed by atoms with Crippen LogP contribution in [0.3, 0.4) is 0 Å². The van der Waals surface area contributed by atoms with E-state index < -0.39 is 23.8 Å². The molecule has 1 heterocycles. The lowest BCUT2D eigenvalue weighted by atomic mass is 10.1. The predicted octanol–water partition coefficient (Wildman–Crippen LogP) is 0.0152. The van der Waals surface area contributed by atoms with E-state index in [-0.39, 0.29) is 25.9 Å². The van der Waals surface area contributed by atoms with Gasteiger partial charge in [-0.15, -0.1) is 0 Å². The van der Waals surface area contributed by atoms with E-state index in [0.717, 1.165) is 4.90 Å². The zero-order valence-electron chi connectivity index (χ0n) is 9.14. The fourth-order valence-corrected chi connectivity index (χ4v) is 1.71. The number of methoxy groups -OCH3 is 1. The Morgan fingerprint density at radius 2 is 2.00 bits per heavy atom. The summed E-state index contributed by atoms with van der Waals surface area (Å²) in [5, 5.41) is 8.99. The number of nitrogens with zero attached hydrogens (tertiary/aromatic N) is 1. The van der Waals surface area contributed by atoms with E-state index in [2.05, 4.69) is 0 Å². The summed E-state index contributed by atoms with van der Waals surface area (Å²) in [6.45, 7) is 0.202. The second-order valence-corrected chi connectivity index (χ2v) is 3.65. The third-order valence-electron chi connectivity index (χ3n) is 2.51. The molecule has 90 valence electrons. The highest BCUT2D eigenvalue weighted by atomic mass is 16.5. The monoisotopic (exact) mass is 229 g/mol. The van der Waals surface area contributed by atoms with Crippen LogP contribution in [0, 0.1) is 0 Å². The molecule has 0 radical (unpaired) electrons. The Balaban J connectivity index is 2.78. The molecule has 1 aliphatic rings. The van der Waals surface area contributed by atoms with Crippen molar-refractivity contribution < 1.29 is 24.2 Å². The highest BCUT2D eigenvalue weighted by molar-refractivity contribution is 6.01. The predicted molar refractivity (Wildman–Crippen MR) is 53.6 cm³/mol. The molecular weight excluding hydrogens is 214 g/mol. The Morgan fingerprint density at radius 3 is 2.44 bits per heavy atom. The third kappa shape index (κ3) is 2.79. The molecule has 2 amide bonds. The number of carbonyl (C=O) groups excluding carboxylic acids is 2. The SMILES string of the molecule is COCCC(C(=O)O)N1C(=O)CCCC1=O. The Bertz CT molecular complexity index is 286. The summed E-state index contributed by atoms with van der Waals surface area (Å²) in [7, 11) is 1.44.